The average Bonchev–Trinajstić information content (AvgIpc) is 2.96. The number of aryl methyl sites for hydroxylation is 1. The molecule has 0 aliphatic heterocycles. The van der Waals surface area contributed by atoms with E-state index in [4.69, 9.17) is 0 Å². The Balaban J connectivity index is 1.89. The SMILES string of the molecule is CCCNC(=O)[C@H](Cc1ccccc1)N(Cc1ccccc1C)C(=O)CCCN(c1cccc(C(F)(F)F)c1)S(C)(=O)=O. The van der Waals surface area contributed by atoms with Gasteiger partial charge in [0.2, 0.25) is 21.8 Å². The number of anilines is 1. The summed E-state index contributed by atoms with van der Waals surface area (Å²) in [7, 11) is -3.96. The van der Waals surface area contributed by atoms with Crippen LogP contribution in [0, 0.1) is 6.92 Å². The fourth-order valence-electron chi connectivity index (χ4n) is 4.73. The third kappa shape index (κ3) is 9.84. The lowest BCUT2D eigenvalue weighted by molar-refractivity contribution is -0.141. The average molecular weight is 618 g/mol. The first-order chi connectivity index (χ1) is 20.3. The molecule has 0 fully saturated rings. The van der Waals surface area contributed by atoms with Crippen molar-refractivity contribution >= 4 is 27.5 Å². The van der Waals surface area contributed by atoms with Crippen LogP contribution in [0.4, 0.5) is 18.9 Å². The molecule has 0 saturated carbocycles. The Kier molecular flexibility index (Phi) is 11.8. The van der Waals surface area contributed by atoms with Crippen LogP contribution >= 0.6 is 0 Å². The van der Waals surface area contributed by atoms with Crippen LogP contribution in [0.15, 0.2) is 78.9 Å². The summed E-state index contributed by atoms with van der Waals surface area (Å²) < 4.78 is 65.9. The zero-order valence-corrected chi connectivity index (χ0v) is 25.4. The van der Waals surface area contributed by atoms with Crippen molar-refractivity contribution in [2.45, 2.75) is 58.3 Å². The third-order valence-electron chi connectivity index (χ3n) is 7.04. The largest absolute Gasteiger partial charge is 0.416 e. The molecule has 43 heavy (non-hydrogen) atoms. The highest BCUT2D eigenvalue weighted by atomic mass is 32.2. The predicted molar refractivity (Wildman–Crippen MR) is 162 cm³/mol. The van der Waals surface area contributed by atoms with E-state index in [-0.39, 0.29) is 49.9 Å². The summed E-state index contributed by atoms with van der Waals surface area (Å²) in [4.78, 5) is 28.8. The number of nitrogens with one attached hydrogen (secondary N) is 1. The molecule has 0 saturated heterocycles. The van der Waals surface area contributed by atoms with E-state index in [1.165, 1.54) is 11.0 Å². The molecule has 0 heterocycles. The monoisotopic (exact) mass is 617 g/mol. The van der Waals surface area contributed by atoms with Crippen LogP contribution in [-0.2, 0) is 38.8 Å². The zero-order chi connectivity index (χ0) is 31.6. The number of halogens is 3. The molecule has 0 aliphatic carbocycles. The molecular weight excluding hydrogens is 579 g/mol. The molecule has 2 amide bonds. The van der Waals surface area contributed by atoms with Crippen molar-refractivity contribution in [1.29, 1.82) is 0 Å². The van der Waals surface area contributed by atoms with E-state index in [9.17, 15) is 31.2 Å². The molecule has 0 bridgehead atoms. The first kappa shape index (κ1) is 33.6. The number of hydrogen-bond acceptors (Lipinski definition) is 4. The fraction of sp³-hybridized carbons (Fsp3) is 0.375. The highest BCUT2D eigenvalue weighted by Crippen LogP contribution is 2.32. The Labute approximate surface area is 251 Å². The molecule has 1 N–H and O–H groups in total. The lowest BCUT2D eigenvalue weighted by Gasteiger charge is -2.32. The first-order valence-electron chi connectivity index (χ1n) is 14.1. The van der Waals surface area contributed by atoms with Crippen LogP contribution < -0.4 is 9.62 Å². The minimum absolute atomic E-state index is 0.0288. The highest BCUT2D eigenvalue weighted by Gasteiger charge is 2.33. The van der Waals surface area contributed by atoms with Crippen LogP contribution in [0.5, 0.6) is 0 Å². The first-order valence-corrected chi connectivity index (χ1v) is 16.0. The summed E-state index contributed by atoms with van der Waals surface area (Å²) in [5.41, 5.74) is 1.57. The van der Waals surface area contributed by atoms with E-state index in [2.05, 4.69) is 5.32 Å². The number of alkyl halides is 3. The van der Waals surface area contributed by atoms with Crippen LogP contribution in [0.3, 0.4) is 0 Å². The number of carbonyl (C=O) groups is 2. The van der Waals surface area contributed by atoms with Crippen molar-refractivity contribution in [2.75, 3.05) is 23.7 Å². The van der Waals surface area contributed by atoms with Gasteiger partial charge in [0.15, 0.2) is 0 Å². The molecule has 0 radical (unpaired) electrons. The maximum absolute atomic E-state index is 13.9. The molecule has 3 aromatic carbocycles. The van der Waals surface area contributed by atoms with Crippen LogP contribution in [0.25, 0.3) is 0 Å². The zero-order valence-electron chi connectivity index (χ0n) is 24.6. The summed E-state index contributed by atoms with van der Waals surface area (Å²) in [6, 6.07) is 20.1. The van der Waals surface area contributed by atoms with Gasteiger partial charge in [-0.2, -0.15) is 13.2 Å². The molecule has 1 atom stereocenters. The van der Waals surface area contributed by atoms with Gasteiger partial charge in [0.25, 0.3) is 0 Å². The van der Waals surface area contributed by atoms with Crippen molar-refractivity contribution in [2.24, 2.45) is 0 Å². The topological polar surface area (TPSA) is 86.8 Å². The van der Waals surface area contributed by atoms with Crippen molar-refractivity contribution in [1.82, 2.24) is 10.2 Å². The minimum atomic E-state index is -4.64. The molecule has 11 heteroatoms. The van der Waals surface area contributed by atoms with Gasteiger partial charge in [-0.25, -0.2) is 8.42 Å². The molecule has 0 spiro atoms. The second-order valence-electron chi connectivity index (χ2n) is 10.4. The number of carbonyl (C=O) groups excluding carboxylic acids is 2. The Morgan fingerprint density at radius 2 is 1.63 bits per heavy atom. The van der Waals surface area contributed by atoms with E-state index >= 15 is 0 Å². The maximum Gasteiger partial charge on any atom is 0.416 e. The molecule has 232 valence electrons. The normalized spacial score (nSPS) is 12.4. The lowest BCUT2D eigenvalue weighted by atomic mass is 10.0. The Hall–Kier alpha value is -3.86. The summed E-state index contributed by atoms with van der Waals surface area (Å²) in [6.45, 7) is 4.24. The fourth-order valence-corrected chi connectivity index (χ4v) is 5.69. The van der Waals surface area contributed by atoms with Crippen molar-refractivity contribution in [3.05, 3.63) is 101 Å². The van der Waals surface area contributed by atoms with Crippen molar-refractivity contribution in [3.8, 4) is 0 Å². The second kappa shape index (κ2) is 15.0. The molecule has 0 aliphatic rings. The molecule has 0 aromatic heterocycles. The number of sulfonamides is 1. The third-order valence-corrected chi connectivity index (χ3v) is 8.23. The quantitative estimate of drug-likeness (QED) is 0.251. The van der Waals surface area contributed by atoms with E-state index in [1.54, 1.807) is 0 Å². The molecule has 7 nitrogen and oxygen atoms in total. The van der Waals surface area contributed by atoms with Gasteiger partial charge in [0.1, 0.15) is 6.04 Å². The van der Waals surface area contributed by atoms with E-state index < -0.39 is 27.8 Å². The highest BCUT2D eigenvalue weighted by molar-refractivity contribution is 7.92. The number of nitrogens with zero attached hydrogens (tertiary/aromatic N) is 2. The Bertz CT molecular complexity index is 1480. The standard InChI is InChI=1S/C32H38F3N3O4S/c1-4-19-36-31(40)29(21-25-13-6-5-7-14-25)37(23-26-15-9-8-12-24(26)2)30(39)18-11-20-38(43(3,41)42)28-17-10-16-27(22-28)32(33,34)35/h5-10,12-17,22,29H,4,11,18-21,23H2,1-3H3,(H,36,40)/t29-/m0/s1. The van der Waals surface area contributed by atoms with Crippen LogP contribution in [0.1, 0.15) is 48.4 Å². The summed E-state index contributed by atoms with van der Waals surface area (Å²) in [6.07, 6.45) is -2.84. The van der Waals surface area contributed by atoms with E-state index in [1.807, 2.05) is 68.4 Å². The second-order valence-corrected chi connectivity index (χ2v) is 12.3. The van der Waals surface area contributed by atoms with E-state index in [0.29, 0.717) is 13.0 Å². The number of rotatable bonds is 14. The van der Waals surface area contributed by atoms with Gasteiger partial charge in [-0.3, -0.25) is 13.9 Å². The van der Waals surface area contributed by atoms with Crippen molar-refractivity contribution in [3.63, 3.8) is 0 Å². The summed E-state index contributed by atoms with van der Waals surface area (Å²) in [5.74, 6) is -0.664. The molecule has 3 rings (SSSR count). The predicted octanol–water partition coefficient (Wildman–Crippen LogP) is 5.73. The number of benzene rings is 3. The number of hydrogen-bond donors (Lipinski definition) is 1. The van der Waals surface area contributed by atoms with Crippen LogP contribution in [0.2, 0.25) is 0 Å². The molecular formula is C32H38F3N3O4S. The Morgan fingerprint density at radius 3 is 2.26 bits per heavy atom. The summed E-state index contributed by atoms with van der Waals surface area (Å²) >= 11 is 0. The van der Waals surface area contributed by atoms with Crippen molar-refractivity contribution < 1.29 is 31.2 Å². The Morgan fingerprint density at radius 1 is 0.953 bits per heavy atom. The smallest absolute Gasteiger partial charge is 0.354 e. The van der Waals surface area contributed by atoms with Gasteiger partial charge >= 0.3 is 6.18 Å². The van der Waals surface area contributed by atoms with Gasteiger partial charge in [0.05, 0.1) is 17.5 Å². The maximum atomic E-state index is 13.9. The van der Waals surface area contributed by atoms with E-state index in [0.717, 1.165) is 45.5 Å². The molecule has 3 aromatic rings. The number of amides is 2. The summed E-state index contributed by atoms with van der Waals surface area (Å²) in [5, 5.41) is 2.91. The molecule has 0 unspecified atom stereocenters. The lowest BCUT2D eigenvalue weighted by Crippen LogP contribution is -2.50. The van der Waals surface area contributed by atoms with Gasteiger partial charge in [-0.1, -0.05) is 67.6 Å². The minimum Gasteiger partial charge on any atom is -0.354 e. The van der Waals surface area contributed by atoms with Gasteiger partial charge in [-0.05, 0) is 54.7 Å². The van der Waals surface area contributed by atoms with Crippen LogP contribution in [-0.4, -0.2) is 50.5 Å². The van der Waals surface area contributed by atoms with Gasteiger partial charge in [-0.15, -0.1) is 0 Å². The van der Waals surface area contributed by atoms with Gasteiger partial charge in [0, 0.05) is 32.5 Å². The van der Waals surface area contributed by atoms with Gasteiger partial charge < -0.3 is 10.2 Å².